The van der Waals surface area contributed by atoms with Crippen molar-refractivity contribution in [3.8, 4) is 0 Å². The fourth-order valence-corrected chi connectivity index (χ4v) is 4.67. The molecule has 0 saturated carbocycles. The number of carboxylic acids is 1. The number of esters is 1. The Morgan fingerprint density at radius 3 is 1.68 bits per heavy atom. The maximum absolute atomic E-state index is 12.2. The predicted molar refractivity (Wildman–Crippen MR) is 131 cm³/mol. The predicted octanol–water partition coefficient (Wildman–Crippen LogP) is 7.49. The summed E-state index contributed by atoms with van der Waals surface area (Å²) in [7, 11) is -2.14. The van der Waals surface area contributed by atoms with E-state index in [0.717, 1.165) is 12.8 Å². The van der Waals surface area contributed by atoms with Crippen LogP contribution in [0.15, 0.2) is 0 Å². The zero-order chi connectivity index (χ0) is 23.8. The Morgan fingerprint density at radius 1 is 0.806 bits per heavy atom. The SMILES string of the molecule is CCCCCCCCCCCCCCOC(=O)CC(CC(=O)O)O[Si](C)(C)C(C)(C)C. The topological polar surface area (TPSA) is 72.8 Å². The molecular weight excluding hydrogens is 408 g/mol. The highest BCUT2D eigenvalue weighted by Gasteiger charge is 2.40. The molecule has 0 aliphatic carbocycles. The number of carbonyl (C=O) groups excluding carboxylic acids is 1. The molecule has 0 aliphatic rings. The van der Waals surface area contributed by atoms with E-state index in [1.165, 1.54) is 64.2 Å². The van der Waals surface area contributed by atoms with E-state index in [-0.39, 0.29) is 23.8 Å². The Kier molecular flexibility index (Phi) is 16.2. The van der Waals surface area contributed by atoms with Gasteiger partial charge in [0.25, 0.3) is 0 Å². The van der Waals surface area contributed by atoms with Crippen LogP contribution in [0.25, 0.3) is 0 Å². The quantitative estimate of drug-likeness (QED) is 0.123. The molecule has 0 saturated heterocycles. The van der Waals surface area contributed by atoms with Gasteiger partial charge in [0, 0.05) is 0 Å². The molecule has 0 spiro atoms. The van der Waals surface area contributed by atoms with Gasteiger partial charge in [0.1, 0.15) is 0 Å². The summed E-state index contributed by atoms with van der Waals surface area (Å²) < 4.78 is 11.5. The van der Waals surface area contributed by atoms with E-state index in [9.17, 15) is 14.7 Å². The van der Waals surface area contributed by atoms with E-state index < -0.39 is 20.4 Å². The standard InChI is InChI=1S/C25H50O5Si/c1-7-8-9-10-11-12-13-14-15-16-17-18-19-29-24(28)21-22(20-23(26)27)30-31(5,6)25(2,3)4/h22H,7-21H2,1-6H3,(H,26,27). The summed E-state index contributed by atoms with van der Waals surface area (Å²) in [6.45, 7) is 13.1. The molecule has 0 aromatic heterocycles. The van der Waals surface area contributed by atoms with Crippen LogP contribution < -0.4 is 0 Å². The van der Waals surface area contributed by atoms with Gasteiger partial charge in [-0.05, 0) is 24.6 Å². The van der Waals surface area contributed by atoms with Crippen molar-refractivity contribution in [2.45, 2.75) is 142 Å². The van der Waals surface area contributed by atoms with E-state index in [1.807, 2.05) is 0 Å². The van der Waals surface area contributed by atoms with Crippen molar-refractivity contribution in [2.75, 3.05) is 6.61 Å². The van der Waals surface area contributed by atoms with Crippen molar-refractivity contribution < 1.29 is 23.9 Å². The lowest BCUT2D eigenvalue weighted by molar-refractivity contribution is -0.147. The second-order valence-electron chi connectivity index (χ2n) is 10.4. The van der Waals surface area contributed by atoms with Crippen molar-refractivity contribution >= 4 is 20.3 Å². The number of hydrogen-bond acceptors (Lipinski definition) is 4. The minimum absolute atomic E-state index is 0.0110. The summed E-state index contributed by atoms with van der Waals surface area (Å²) in [5.74, 6) is -1.30. The fourth-order valence-electron chi connectivity index (χ4n) is 3.32. The first-order valence-corrected chi connectivity index (χ1v) is 15.5. The zero-order valence-corrected chi connectivity index (χ0v) is 22.3. The second-order valence-corrected chi connectivity index (χ2v) is 15.2. The average molecular weight is 459 g/mol. The van der Waals surface area contributed by atoms with Gasteiger partial charge in [-0.15, -0.1) is 0 Å². The van der Waals surface area contributed by atoms with E-state index >= 15 is 0 Å². The molecule has 0 fully saturated rings. The number of rotatable bonds is 19. The largest absolute Gasteiger partial charge is 0.481 e. The molecule has 0 heterocycles. The zero-order valence-electron chi connectivity index (χ0n) is 21.3. The molecule has 1 N–H and O–H groups in total. The molecular formula is C25H50O5Si. The normalized spacial score (nSPS) is 13.2. The summed E-state index contributed by atoms with van der Waals surface area (Å²) in [4.78, 5) is 23.4. The highest BCUT2D eigenvalue weighted by Crippen LogP contribution is 2.38. The van der Waals surface area contributed by atoms with Gasteiger partial charge in [0.15, 0.2) is 8.32 Å². The third-order valence-corrected chi connectivity index (χ3v) is 10.9. The van der Waals surface area contributed by atoms with Crippen LogP contribution in [0.2, 0.25) is 18.1 Å². The molecule has 5 nitrogen and oxygen atoms in total. The number of hydrogen-bond donors (Lipinski definition) is 1. The molecule has 0 radical (unpaired) electrons. The number of aliphatic carboxylic acids is 1. The lowest BCUT2D eigenvalue weighted by Crippen LogP contribution is -2.45. The first-order chi connectivity index (χ1) is 14.5. The summed E-state index contributed by atoms with van der Waals surface area (Å²) in [6.07, 6.45) is 14.4. The van der Waals surface area contributed by atoms with E-state index in [1.54, 1.807) is 0 Å². The second kappa shape index (κ2) is 16.7. The van der Waals surface area contributed by atoms with Gasteiger partial charge in [-0.1, -0.05) is 98.3 Å². The Balaban J connectivity index is 3.93. The van der Waals surface area contributed by atoms with E-state index in [4.69, 9.17) is 9.16 Å². The van der Waals surface area contributed by atoms with Crippen molar-refractivity contribution in [2.24, 2.45) is 0 Å². The summed E-state index contributed by atoms with van der Waals surface area (Å²) >= 11 is 0. The fraction of sp³-hybridized carbons (Fsp3) is 0.920. The van der Waals surface area contributed by atoms with Crippen molar-refractivity contribution in [1.29, 1.82) is 0 Å². The van der Waals surface area contributed by atoms with Gasteiger partial charge < -0.3 is 14.3 Å². The van der Waals surface area contributed by atoms with Crippen molar-refractivity contribution in [1.82, 2.24) is 0 Å². The Labute approximate surface area is 192 Å². The lowest BCUT2D eigenvalue weighted by atomic mass is 10.1. The van der Waals surface area contributed by atoms with Crippen molar-refractivity contribution in [3.63, 3.8) is 0 Å². The van der Waals surface area contributed by atoms with Gasteiger partial charge in [0.05, 0.1) is 25.6 Å². The molecule has 0 bridgehead atoms. The van der Waals surface area contributed by atoms with Crippen LogP contribution in [0.3, 0.4) is 0 Å². The van der Waals surface area contributed by atoms with Crippen LogP contribution in [-0.2, 0) is 18.8 Å². The van der Waals surface area contributed by atoms with E-state index in [2.05, 4.69) is 40.8 Å². The van der Waals surface area contributed by atoms with Crippen LogP contribution in [0, 0.1) is 0 Å². The van der Waals surface area contributed by atoms with Gasteiger partial charge in [-0.25, -0.2) is 0 Å². The average Bonchev–Trinajstić information content (AvgIpc) is 2.63. The van der Waals surface area contributed by atoms with Crippen LogP contribution in [0.4, 0.5) is 0 Å². The smallest absolute Gasteiger partial charge is 0.308 e. The first kappa shape index (κ1) is 30.1. The highest BCUT2D eigenvalue weighted by molar-refractivity contribution is 6.74. The summed E-state index contributed by atoms with van der Waals surface area (Å²) in [5.41, 5.74) is 0. The molecule has 1 unspecified atom stereocenters. The number of carboxylic acid groups (broad SMARTS) is 1. The van der Waals surface area contributed by atoms with Gasteiger partial charge in [-0.3, -0.25) is 9.59 Å². The Morgan fingerprint density at radius 2 is 1.26 bits per heavy atom. The third-order valence-electron chi connectivity index (χ3n) is 6.33. The summed E-state index contributed by atoms with van der Waals surface area (Å²) in [6, 6.07) is 0. The monoisotopic (exact) mass is 458 g/mol. The number of ether oxygens (including phenoxy) is 1. The molecule has 1 atom stereocenters. The van der Waals surface area contributed by atoms with E-state index in [0.29, 0.717) is 6.61 Å². The molecule has 0 aromatic rings. The van der Waals surface area contributed by atoms with Gasteiger partial charge >= 0.3 is 11.9 Å². The highest BCUT2D eigenvalue weighted by atomic mass is 28.4. The Bertz CT molecular complexity index is 485. The lowest BCUT2D eigenvalue weighted by Gasteiger charge is -2.38. The van der Waals surface area contributed by atoms with Crippen LogP contribution in [0.1, 0.15) is 118 Å². The minimum Gasteiger partial charge on any atom is -0.481 e. The maximum Gasteiger partial charge on any atom is 0.308 e. The Hall–Kier alpha value is -0.883. The van der Waals surface area contributed by atoms with Crippen LogP contribution in [0.5, 0.6) is 0 Å². The molecule has 0 aromatic carbocycles. The van der Waals surface area contributed by atoms with Gasteiger partial charge in [-0.2, -0.15) is 0 Å². The summed E-state index contributed by atoms with van der Waals surface area (Å²) in [5, 5.41) is 9.14. The number of carbonyl (C=O) groups is 2. The minimum atomic E-state index is -2.14. The molecule has 6 heteroatoms. The molecule has 31 heavy (non-hydrogen) atoms. The maximum atomic E-state index is 12.2. The molecule has 0 amide bonds. The van der Waals surface area contributed by atoms with Crippen LogP contribution >= 0.6 is 0 Å². The van der Waals surface area contributed by atoms with Crippen LogP contribution in [-0.4, -0.2) is 38.1 Å². The third kappa shape index (κ3) is 16.4. The molecule has 184 valence electrons. The first-order valence-electron chi connectivity index (χ1n) is 12.5. The number of unbranched alkanes of at least 4 members (excludes halogenated alkanes) is 11. The van der Waals surface area contributed by atoms with Gasteiger partial charge in [0.2, 0.25) is 0 Å². The molecule has 0 aliphatic heterocycles. The molecule has 0 rings (SSSR count). The van der Waals surface area contributed by atoms with Crippen molar-refractivity contribution in [3.05, 3.63) is 0 Å².